The molecule has 1 saturated heterocycles. The molecule has 90 valence electrons. The molecule has 0 spiro atoms. The molecule has 1 unspecified atom stereocenters. The fraction of sp³-hybridized carbons (Fsp3) is 1.00. The second-order valence-corrected chi connectivity index (χ2v) is 6.86. The van der Waals surface area contributed by atoms with Crippen molar-refractivity contribution in [3.8, 4) is 0 Å². The number of sulfonamides is 1. The predicted octanol–water partition coefficient (Wildman–Crippen LogP) is 0.798. The van der Waals surface area contributed by atoms with Gasteiger partial charge in [-0.15, -0.1) is 0 Å². The molecule has 15 heavy (non-hydrogen) atoms. The zero-order chi connectivity index (χ0) is 11.5. The smallest absolute Gasteiger partial charge is 0.213 e. The van der Waals surface area contributed by atoms with E-state index >= 15 is 0 Å². The van der Waals surface area contributed by atoms with E-state index in [1.807, 2.05) is 0 Å². The van der Waals surface area contributed by atoms with Crippen LogP contribution in [0.3, 0.4) is 0 Å². The van der Waals surface area contributed by atoms with Crippen molar-refractivity contribution >= 4 is 10.0 Å². The largest absolute Gasteiger partial charge is 0.299 e. The molecule has 1 atom stereocenters. The van der Waals surface area contributed by atoms with Gasteiger partial charge in [-0.3, -0.25) is 4.90 Å². The lowest BCUT2D eigenvalue weighted by Gasteiger charge is -2.24. The molecule has 4 nitrogen and oxygen atoms in total. The maximum atomic E-state index is 11.5. The minimum Gasteiger partial charge on any atom is -0.299 e. The van der Waals surface area contributed by atoms with Crippen LogP contribution in [0.25, 0.3) is 0 Å². The van der Waals surface area contributed by atoms with Crippen LogP contribution in [0.15, 0.2) is 0 Å². The molecular formula is C10H22N2O2S. The molecule has 5 heteroatoms. The summed E-state index contributed by atoms with van der Waals surface area (Å²) in [5.41, 5.74) is 0. The topological polar surface area (TPSA) is 49.4 Å². The highest BCUT2D eigenvalue weighted by Crippen LogP contribution is 2.11. The van der Waals surface area contributed by atoms with Gasteiger partial charge in [0, 0.05) is 12.6 Å². The van der Waals surface area contributed by atoms with Gasteiger partial charge in [0.05, 0.1) is 5.25 Å². The third kappa shape index (κ3) is 3.74. The van der Waals surface area contributed by atoms with Gasteiger partial charge in [-0.1, -0.05) is 0 Å². The highest BCUT2D eigenvalue weighted by Gasteiger charge is 2.21. The molecule has 0 radical (unpaired) electrons. The van der Waals surface area contributed by atoms with Crippen LogP contribution in [-0.4, -0.2) is 44.2 Å². The van der Waals surface area contributed by atoms with Crippen LogP contribution in [0.4, 0.5) is 0 Å². The first kappa shape index (κ1) is 12.9. The lowest BCUT2D eigenvalue weighted by atomic mass is 10.3. The summed E-state index contributed by atoms with van der Waals surface area (Å²) >= 11 is 0. The van der Waals surface area contributed by atoms with E-state index < -0.39 is 10.0 Å². The Hall–Kier alpha value is -0.130. The van der Waals surface area contributed by atoms with Crippen LogP contribution in [0.1, 0.15) is 33.6 Å². The molecule has 0 aromatic carbocycles. The Bertz CT molecular complexity index is 282. The van der Waals surface area contributed by atoms with Crippen molar-refractivity contribution in [3.05, 3.63) is 0 Å². The molecule has 0 aliphatic carbocycles. The van der Waals surface area contributed by atoms with E-state index in [0.717, 1.165) is 13.1 Å². The second-order valence-electron chi connectivity index (χ2n) is 4.53. The predicted molar refractivity (Wildman–Crippen MR) is 62.3 cm³/mol. The standard InChI is InChI=1S/C10H22N2O2S/c1-9(2)15(13,14)11-8-10(3)12-6-4-5-7-12/h9-11H,4-8H2,1-3H3. The third-order valence-corrected chi connectivity index (χ3v) is 4.77. The Kier molecular flexibility index (Phi) is 4.55. The molecule has 1 heterocycles. The Labute approximate surface area is 93.1 Å². The number of nitrogens with zero attached hydrogens (tertiary/aromatic N) is 1. The van der Waals surface area contributed by atoms with Crippen molar-refractivity contribution in [2.75, 3.05) is 19.6 Å². The maximum Gasteiger partial charge on any atom is 0.213 e. The van der Waals surface area contributed by atoms with Crippen molar-refractivity contribution in [1.82, 2.24) is 9.62 Å². The van der Waals surface area contributed by atoms with Gasteiger partial charge < -0.3 is 0 Å². The molecule has 1 aliphatic rings. The first-order chi connectivity index (χ1) is 6.93. The Morgan fingerprint density at radius 3 is 2.20 bits per heavy atom. The zero-order valence-electron chi connectivity index (χ0n) is 9.86. The van der Waals surface area contributed by atoms with E-state index in [9.17, 15) is 8.42 Å². The van der Waals surface area contributed by atoms with E-state index in [2.05, 4.69) is 16.5 Å². The van der Waals surface area contributed by atoms with E-state index in [0.29, 0.717) is 12.6 Å². The van der Waals surface area contributed by atoms with Gasteiger partial charge in [0.1, 0.15) is 0 Å². The molecule has 1 rings (SSSR count). The molecule has 1 N–H and O–H groups in total. The number of likely N-dealkylation sites (tertiary alicyclic amines) is 1. The van der Waals surface area contributed by atoms with Crippen molar-refractivity contribution in [2.45, 2.75) is 44.9 Å². The minimum absolute atomic E-state index is 0.307. The number of hydrogen-bond acceptors (Lipinski definition) is 3. The van der Waals surface area contributed by atoms with E-state index in [-0.39, 0.29) is 5.25 Å². The van der Waals surface area contributed by atoms with Gasteiger partial charge >= 0.3 is 0 Å². The number of hydrogen-bond donors (Lipinski definition) is 1. The second kappa shape index (κ2) is 5.27. The summed E-state index contributed by atoms with van der Waals surface area (Å²) in [5.74, 6) is 0. The van der Waals surface area contributed by atoms with Gasteiger partial charge in [0.2, 0.25) is 10.0 Å². The Balaban J connectivity index is 2.36. The van der Waals surface area contributed by atoms with Gasteiger partial charge in [0.15, 0.2) is 0 Å². The lowest BCUT2D eigenvalue weighted by molar-refractivity contribution is 0.259. The quantitative estimate of drug-likeness (QED) is 0.765. The normalized spacial score (nSPS) is 21.1. The first-order valence-electron chi connectivity index (χ1n) is 5.66. The SMILES string of the molecule is CC(CNS(=O)(=O)C(C)C)N1CCCC1. The van der Waals surface area contributed by atoms with Crippen LogP contribution in [-0.2, 0) is 10.0 Å². The summed E-state index contributed by atoms with van der Waals surface area (Å²) in [6.07, 6.45) is 2.47. The fourth-order valence-corrected chi connectivity index (χ4v) is 2.52. The molecule has 0 saturated carbocycles. The molecule has 0 aromatic rings. The van der Waals surface area contributed by atoms with E-state index in [1.54, 1.807) is 13.8 Å². The van der Waals surface area contributed by atoms with Gasteiger partial charge in [-0.25, -0.2) is 13.1 Å². The number of rotatable bonds is 5. The molecule has 1 fully saturated rings. The maximum absolute atomic E-state index is 11.5. The summed E-state index contributed by atoms with van der Waals surface area (Å²) in [4.78, 5) is 2.34. The number of nitrogens with one attached hydrogen (secondary N) is 1. The van der Waals surface area contributed by atoms with Crippen LogP contribution < -0.4 is 4.72 Å². The highest BCUT2D eigenvalue weighted by atomic mass is 32.2. The van der Waals surface area contributed by atoms with Crippen molar-refractivity contribution < 1.29 is 8.42 Å². The summed E-state index contributed by atoms with van der Waals surface area (Å²) in [5, 5.41) is -0.344. The lowest BCUT2D eigenvalue weighted by Crippen LogP contribution is -2.42. The summed E-state index contributed by atoms with van der Waals surface area (Å²) in [7, 11) is -3.10. The zero-order valence-corrected chi connectivity index (χ0v) is 10.7. The fourth-order valence-electron chi connectivity index (χ4n) is 1.71. The summed E-state index contributed by atoms with van der Waals surface area (Å²) in [6.45, 7) is 8.20. The molecule has 1 aliphatic heterocycles. The Morgan fingerprint density at radius 1 is 1.20 bits per heavy atom. The molecular weight excluding hydrogens is 212 g/mol. The average molecular weight is 234 g/mol. The van der Waals surface area contributed by atoms with Gasteiger partial charge in [-0.2, -0.15) is 0 Å². The van der Waals surface area contributed by atoms with Gasteiger partial charge in [0.25, 0.3) is 0 Å². The van der Waals surface area contributed by atoms with Crippen LogP contribution >= 0.6 is 0 Å². The third-order valence-electron chi connectivity index (χ3n) is 2.96. The summed E-state index contributed by atoms with van der Waals surface area (Å²) in [6, 6.07) is 0.307. The molecule has 0 amide bonds. The van der Waals surface area contributed by atoms with Crippen molar-refractivity contribution in [1.29, 1.82) is 0 Å². The van der Waals surface area contributed by atoms with Crippen LogP contribution in [0.2, 0.25) is 0 Å². The molecule has 0 bridgehead atoms. The highest BCUT2D eigenvalue weighted by molar-refractivity contribution is 7.90. The van der Waals surface area contributed by atoms with E-state index in [4.69, 9.17) is 0 Å². The monoisotopic (exact) mass is 234 g/mol. The minimum atomic E-state index is -3.10. The molecule has 0 aromatic heterocycles. The van der Waals surface area contributed by atoms with E-state index in [1.165, 1.54) is 12.8 Å². The van der Waals surface area contributed by atoms with Crippen molar-refractivity contribution in [3.63, 3.8) is 0 Å². The van der Waals surface area contributed by atoms with Gasteiger partial charge in [-0.05, 0) is 46.7 Å². The Morgan fingerprint density at radius 2 is 1.73 bits per heavy atom. The van der Waals surface area contributed by atoms with Crippen molar-refractivity contribution in [2.24, 2.45) is 0 Å². The average Bonchev–Trinajstić information content (AvgIpc) is 2.66. The van der Waals surface area contributed by atoms with Crippen LogP contribution in [0, 0.1) is 0 Å². The first-order valence-corrected chi connectivity index (χ1v) is 7.20. The van der Waals surface area contributed by atoms with Crippen LogP contribution in [0.5, 0.6) is 0 Å². The summed E-state index contributed by atoms with van der Waals surface area (Å²) < 4.78 is 25.7.